The Labute approximate surface area is 106 Å². The Balaban J connectivity index is 2.12. The Hall–Kier alpha value is -1.63. The number of primary amides is 1. The zero-order valence-electron chi connectivity index (χ0n) is 10.3. The lowest BCUT2D eigenvalue weighted by molar-refractivity contribution is -0.116. The van der Waals surface area contributed by atoms with Gasteiger partial charge in [-0.3, -0.25) is 4.79 Å². The van der Waals surface area contributed by atoms with Crippen LogP contribution >= 0.6 is 0 Å². The van der Waals surface area contributed by atoms with Gasteiger partial charge in [0.25, 0.3) is 0 Å². The van der Waals surface area contributed by atoms with Crippen LogP contribution in [0.3, 0.4) is 0 Å². The first kappa shape index (κ1) is 12.8. The quantitative estimate of drug-likeness (QED) is 0.726. The Morgan fingerprint density at radius 3 is 2.72 bits per heavy atom. The van der Waals surface area contributed by atoms with Crippen LogP contribution in [0, 0.1) is 0 Å². The largest absolute Gasteiger partial charge is 0.408 e. The molecule has 1 heterocycles. The van der Waals surface area contributed by atoms with Crippen LogP contribution in [0.4, 0.5) is 6.01 Å². The second-order valence-electron chi connectivity index (χ2n) is 4.55. The smallest absolute Gasteiger partial charge is 0.318 e. The second-order valence-corrected chi connectivity index (χ2v) is 4.55. The summed E-state index contributed by atoms with van der Waals surface area (Å²) in [6.45, 7) is 0.579. The standard InChI is InChI=1S/C11H19N5O2/c12-6-5-10-14-15-11(18-10)16(7-9(13)17)8-3-1-2-4-8/h8H,1-7,12H2,(H2,13,17). The number of amides is 1. The van der Waals surface area contributed by atoms with Crippen molar-refractivity contribution in [2.24, 2.45) is 11.5 Å². The molecule has 0 atom stereocenters. The number of rotatable bonds is 6. The van der Waals surface area contributed by atoms with Gasteiger partial charge in [0.15, 0.2) is 0 Å². The number of hydrogen-bond acceptors (Lipinski definition) is 6. The normalized spacial score (nSPS) is 16.1. The van der Waals surface area contributed by atoms with Crippen molar-refractivity contribution in [3.05, 3.63) is 5.89 Å². The van der Waals surface area contributed by atoms with Gasteiger partial charge in [0.2, 0.25) is 11.8 Å². The summed E-state index contributed by atoms with van der Waals surface area (Å²) in [5.41, 5.74) is 10.7. The molecular weight excluding hydrogens is 234 g/mol. The Bertz CT molecular complexity index is 400. The lowest BCUT2D eigenvalue weighted by Gasteiger charge is -2.25. The van der Waals surface area contributed by atoms with Gasteiger partial charge in [0.1, 0.15) is 6.54 Å². The lowest BCUT2D eigenvalue weighted by atomic mass is 10.2. The second kappa shape index (κ2) is 5.81. The lowest BCUT2D eigenvalue weighted by Crippen LogP contribution is -2.40. The number of hydrogen-bond donors (Lipinski definition) is 2. The number of nitrogens with two attached hydrogens (primary N) is 2. The number of carbonyl (C=O) groups is 1. The van der Waals surface area contributed by atoms with Crippen LogP contribution in [0.15, 0.2) is 4.42 Å². The summed E-state index contributed by atoms with van der Waals surface area (Å²) in [6, 6.07) is 0.646. The molecule has 18 heavy (non-hydrogen) atoms. The first-order valence-corrected chi connectivity index (χ1v) is 6.28. The van der Waals surface area contributed by atoms with Gasteiger partial charge in [0, 0.05) is 19.0 Å². The molecule has 1 fully saturated rings. The molecule has 2 rings (SSSR count). The van der Waals surface area contributed by atoms with E-state index in [4.69, 9.17) is 15.9 Å². The fraction of sp³-hybridized carbons (Fsp3) is 0.727. The molecule has 0 aromatic carbocycles. The number of aromatic nitrogens is 2. The molecule has 100 valence electrons. The molecule has 4 N–H and O–H groups in total. The molecule has 7 nitrogen and oxygen atoms in total. The van der Waals surface area contributed by atoms with E-state index in [1.807, 2.05) is 4.90 Å². The van der Waals surface area contributed by atoms with E-state index >= 15 is 0 Å². The highest BCUT2D eigenvalue weighted by Crippen LogP contribution is 2.27. The molecule has 1 aliphatic rings. The van der Waals surface area contributed by atoms with Crippen molar-refractivity contribution in [3.63, 3.8) is 0 Å². The average molecular weight is 253 g/mol. The Morgan fingerprint density at radius 2 is 2.11 bits per heavy atom. The van der Waals surface area contributed by atoms with Crippen LogP contribution in [0.25, 0.3) is 0 Å². The zero-order valence-corrected chi connectivity index (χ0v) is 10.3. The minimum absolute atomic E-state index is 0.120. The Morgan fingerprint density at radius 1 is 1.39 bits per heavy atom. The fourth-order valence-corrected chi connectivity index (χ4v) is 2.32. The minimum Gasteiger partial charge on any atom is -0.408 e. The topological polar surface area (TPSA) is 111 Å². The molecule has 0 spiro atoms. The first-order valence-electron chi connectivity index (χ1n) is 6.28. The van der Waals surface area contributed by atoms with E-state index < -0.39 is 0 Å². The summed E-state index contributed by atoms with van der Waals surface area (Å²) in [4.78, 5) is 13.0. The van der Waals surface area contributed by atoms with Crippen molar-refractivity contribution in [1.82, 2.24) is 10.2 Å². The van der Waals surface area contributed by atoms with Gasteiger partial charge in [0.05, 0.1) is 0 Å². The third-order valence-electron chi connectivity index (χ3n) is 3.15. The van der Waals surface area contributed by atoms with Gasteiger partial charge >= 0.3 is 6.01 Å². The van der Waals surface area contributed by atoms with Crippen LogP contribution in [-0.2, 0) is 11.2 Å². The number of anilines is 1. The van der Waals surface area contributed by atoms with Crippen molar-refractivity contribution >= 4 is 11.9 Å². The maximum absolute atomic E-state index is 11.1. The van der Waals surface area contributed by atoms with Crippen molar-refractivity contribution in [2.75, 3.05) is 18.0 Å². The van der Waals surface area contributed by atoms with E-state index in [-0.39, 0.29) is 18.5 Å². The maximum Gasteiger partial charge on any atom is 0.318 e. The Kier molecular flexibility index (Phi) is 4.14. The molecule has 1 aromatic rings. The minimum atomic E-state index is -0.388. The van der Waals surface area contributed by atoms with Crippen LogP contribution in [-0.4, -0.2) is 35.2 Å². The molecular formula is C11H19N5O2. The van der Waals surface area contributed by atoms with Crippen LogP contribution < -0.4 is 16.4 Å². The molecule has 0 bridgehead atoms. The van der Waals surface area contributed by atoms with Gasteiger partial charge in [-0.25, -0.2) is 0 Å². The summed E-state index contributed by atoms with van der Waals surface area (Å²) in [7, 11) is 0. The summed E-state index contributed by atoms with van der Waals surface area (Å²) in [6.07, 6.45) is 4.92. The van der Waals surface area contributed by atoms with Gasteiger partial charge in [-0.2, -0.15) is 0 Å². The van der Waals surface area contributed by atoms with Crippen LogP contribution in [0.5, 0.6) is 0 Å². The third kappa shape index (κ3) is 2.98. The highest BCUT2D eigenvalue weighted by molar-refractivity contribution is 5.78. The molecule has 1 amide bonds. The van der Waals surface area contributed by atoms with E-state index in [1.165, 1.54) is 0 Å². The predicted molar refractivity (Wildman–Crippen MR) is 65.9 cm³/mol. The molecule has 1 saturated carbocycles. The van der Waals surface area contributed by atoms with Gasteiger partial charge in [-0.15, -0.1) is 5.10 Å². The monoisotopic (exact) mass is 253 g/mol. The number of carbonyl (C=O) groups excluding carboxylic acids is 1. The highest BCUT2D eigenvalue weighted by atomic mass is 16.4. The zero-order chi connectivity index (χ0) is 13.0. The number of nitrogens with zero attached hydrogens (tertiary/aromatic N) is 3. The van der Waals surface area contributed by atoms with E-state index in [9.17, 15) is 4.79 Å². The van der Waals surface area contributed by atoms with Crippen LogP contribution in [0.1, 0.15) is 31.6 Å². The molecule has 0 radical (unpaired) electrons. The van der Waals surface area contributed by atoms with Gasteiger partial charge in [-0.1, -0.05) is 17.9 Å². The third-order valence-corrected chi connectivity index (χ3v) is 3.15. The highest BCUT2D eigenvalue weighted by Gasteiger charge is 2.27. The van der Waals surface area contributed by atoms with Crippen molar-refractivity contribution in [1.29, 1.82) is 0 Å². The fourth-order valence-electron chi connectivity index (χ4n) is 2.32. The molecule has 1 aliphatic carbocycles. The molecule has 1 aromatic heterocycles. The van der Waals surface area contributed by atoms with Crippen molar-refractivity contribution < 1.29 is 9.21 Å². The van der Waals surface area contributed by atoms with E-state index in [1.54, 1.807) is 0 Å². The molecule has 0 aliphatic heterocycles. The summed E-state index contributed by atoms with van der Waals surface area (Å²) >= 11 is 0. The summed E-state index contributed by atoms with van der Waals surface area (Å²) < 4.78 is 5.52. The van der Waals surface area contributed by atoms with Gasteiger partial charge < -0.3 is 20.8 Å². The average Bonchev–Trinajstić information content (AvgIpc) is 2.97. The van der Waals surface area contributed by atoms with Gasteiger partial charge in [-0.05, 0) is 12.8 Å². The maximum atomic E-state index is 11.1. The SMILES string of the molecule is NCCc1nnc(N(CC(N)=O)C2CCCC2)o1. The van der Waals surface area contributed by atoms with Crippen molar-refractivity contribution in [3.8, 4) is 0 Å². The summed E-state index contributed by atoms with van der Waals surface area (Å²) in [5, 5.41) is 7.89. The molecule has 0 unspecified atom stereocenters. The summed E-state index contributed by atoms with van der Waals surface area (Å²) in [5.74, 6) is 0.112. The first-order chi connectivity index (χ1) is 8.70. The molecule has 0 saturated heterocycles. The van der Waals surface area contributed by atoms with Crippen molar-refractivity contribution in [2.45, 2.75) is 38.1 Å². The predicted octanol–water partition coefficient (Wildman–Crippen LogP) is -0.195. The van der Waals surface area contributed by atoms with E-state index in [0.29, 0.717) is 24.9 Å². The van der Waals surface area contributed by atoms with E-state index in [0.717, 1.165) is 25.7 Å². The molecule has 7 heteroatoms. The van der Waals surface area contributed by atoms with E-state index in [2.05, 4.69) is 10.2 Å². The van der Waals surface area contributed by atoms with Crippen LogP contribution in [0.2, 0.25) is 0 Å².